The molecular formula is C21H35ClN4O2. The first-order valence-corrected chi connectivity index (χ1v) is 10.2. The first-order valence-electron chi connectivity index (χ1n) is 10.2. The number of halogens is 1. The van der Waals surface area contributed by atoms with E-state index in [1.807, 2.05) is 13.8 Å². The van der Waals surface area contributed by atoms with Crippen LogP contribution in [-0.2, 0) is 9.59 Å². The minimum atomic E-state index is -0.521. The van der Waals surface area contributed by atoms with Gasteiger partial charge in [0.05, 0.1) is 12.6 Å². The quantitative estimate of drug-likeness (QED) is 0.640. The highest BCUT2D eigenvalue weighted by atomic mass is 35.5. The molecule has 4 N–H and O–H groups in total. The third kappa shape index (κ3) is 8.17. The average Bonchev–Trinajstić information content (AvgIpc) is 2.64. The van der Waals surface area contributed by atoms with E-state index < -0.39 is 6.04 Å². The number of anilines is 2. The zero-order chi connectivity index (χ0) is 19.6. The van der Waals surface area contributed by atoms with Crippen LogP contribution in [0.2, 0.25) is 0 Å². The number of hydrogen-bond acceptors (Lipinski definition) is 4. The molecule has 2 amide bonds. The predicted octanol–water partition coefficient (Wildman–Crippen LogP) is 3.62. The number of carbonyl (C=O) groups excluding carboxylic acids is 2. The Morgan fingerprint density at radius 2 is 1.50 bits per heavy atom. The Bertz CT molecular complexity index is 601. The molecule has 1 fully saturated rings. The van der Waals surface area contributed by atoms with Crippen molar-refractivity contribution in [3.63, 3.8) is 0 Å². The van der Waals surface area contributed by atoms with Crippen LogP contribution in [0, 0.1) is 5.92 Å². The minimum absolute atomic E-state index is 0. The lowest BCUT2D eigenvalue weighted by Crippen LogP contribution is -2.40. The number of likely N-dealkylation sites (tertiary alicyclic amines) is 1. The van der Waals surface area contributed by atoms with E-state index in [2.05, 4.69) is 15.5 Å². The monoisotopic (exact) mass is 410 g/mol. The molecule has 0 saturated carbocycles. The van der Waals surface area contributed by atoms with Gasteiger partial charge in [0.2, 0.25) is 11.8 Å². The molecule has 28 heavy (non-hydrogen) atoms. The fourth-order valence-electron chi connectivity index (χ4n) is 3.25. The molecule has 1 aliphatic rings. The minimum Gasteiger partial charge on any atom is -0.325 e. The summed E-state index contributed by atoms with van der Waals surface area (Å²) in [7, 11) is 0. The van der Waals surface area contributed by atoms with E-state index in [4.69, 9.17) is 5.73 Å². The molecule has 1 aromatic rings. The van der Waals surface area contributed by atoms with E-state index in [0.29, 0.717) is 12.2 Å². The van der Waals surface area contributed by atoms with Crippen LogP contribution in [-0.4, -0.2) is 42.4 Å². The van der Waals surface area contributed by atoms with Gasteiger partial charge in [-0.1, -0.05) is 39.5 Å². The number of benzene rings is 1. The normalized spacial score (nSPS) is 17.4. The van der Waals surface area contributed by atoms with Crippen molar-refractivity contribution < 1.29 is 9.59 Å². The van der Waals surface area contributed by atoms with Crippen molar-refractivity contribution in [2.45, 2.75) is 58.4 Å². The van der Waals surface area contributed by atoms with Gasteiger partial charge in [0.1, 0.15) is 0 Å². The predicted molar refractivity (Wildman–Crippen MR) is 118 cm³/mol. The van der Waals surface area contributed by atoms with Crippen molar-refractivity contribution >= 4 is 35.6 Å². The zero-order valence-electron chi connectivity index (χ0n) is 17.1. The second-order valence-corrected chi connectivity index (χ2v) is 7.57. The second kappa shape index (κ2) is 12.8. The van der Waals surface area contributed by atoms with Crippen LogP contribution >= 0.6 is 12.4 Å². The lowest BCUT2D eigenvalue weighted by molar-refractivity contribution is -0.118. The highest BCUT2D eigenvalue weighted by molar-refractivity contribution is 5.96. The van der Waals surface area contributed by atoms with Gasteiger partial charge in [-0.3, -0.25) is 14.5 Å². The molecule has 0 aliphatic carbocycles. The van der Waals surface area contributed by atoms with Gasteiger partial charge in [0, 0.05) is 11.4 Å². The maximum atomic E-state index is 12.3. The molecule has 7 heteroatoms. The first-order chi connectivity index (χ1) is 13.0. The van der Waals surface area contributed by atoms with Gasteiger partial charge in [-0.2, -0.15) is 0 Å². The Hall–Kier alpha value is -1.63. The number of nitrogens with zero attached hydrogens (tertiary/aromatic N) is 1. The Morgan fingerprint density at radius 1 is 1.00 bits per heavy atom. The van der Waals surface area contributed by atoms with E-state index in [0.717, 1.165) is 25.2 Å². The standard InChI is InChI=1S/C21H34N4O2.ClH/c1-3-16(2)20(22)21(27)24-18-11-9-17(10-12-18)23-19(26)15-25-13-7-5-4-6-8-14-25;/h9-12,16,20H,3-8,13-15,22H2,1-2H3,(H,23,26)(H,24,27);1H. The topological polar surface area (TPSA) is 87.5 Å². The summed E-state index contributed by atoms with van der Waals surface area (Å²) in [5.41, 5.74) is 7.36. The maximum Gasteiger partial charge on any atom is 0.241 e. The molecule has 0 radical (unpaired) electrons. The Labute approximate surface area is 175 Å². The van der Waals surface area contributed by atoms with Crippen LogP contribution < -0.4 is 16.4 Å². The van der Waals surface area contributed by atoms with E-state index in [1.54, 1.807) is 24.3 Å². The van der Waals surface area contributed by atoms with Crippen LogP contribution in [0.5, 0.6) is 0 Å². The molecule has 158 valence electrons. The van der Waals surface area contributed by atoms with Gasteiger partial charge >= 0.3 is 0 Å². The molecule has 2 unspecified atom stereocenters. The summed E-state index contributed by atoms with van der Waals surface area (Å²) in [5, 5.41) is 5.77. The second-order valence-electron chi connectivity index (χ2n) is 7.57. The van der Waals surface area contributed by atoms with Crippen molar-refractivity contribution in [3.05, 3.63) is 24.3 Å². The van der Waals surface area contributed by atoms with E-state index >= 15 is 0 Å². The number of hydrogen-bond donors (Lipinski definition) is 3. The van der Waals surface area contributed by atoms with Crippen LogP contribution in [0.3, 0.4) is 0 Å². The van der Waals surface area contributed by atoms with Crippen LogP contribution in [0.1, 0.15) is 52.4 Å². The number of rotatable bonds is 7. The number of nitrogens with one attached hydrogen (secondary N) is 2. The van der Waals surface area contributed by atoms with Gasteiger partial charge in [0.25, 0.3) is 0 Å². The van der Waals surface area contributed by atoms with Crippen molar-refractivity contribution in [2.24, 2.45) is 11.7 Å². The lowest BCUT2D eigenvalue weighted by Gasteiger charge is -2.23. The summed E-state index contributed by atoms with van der Waals surface area (Å²) < 4.78 is 0. The lowest BCUT2D eigenvalue weighted by atomic mass is 9.99. The maximum absolute atomic E-state index is 12.3. The van der Waals surface area contributed by atoms with Crippen LogP contribution in [0.25, 0.3) is 0 Å². The summed E-state index contributed by atoms with van der Waals surface area (Å²) >= 11 is 0. The van der Waals surface area contributed by atoms with Crippen LogP contribution in [0.15, 0.2) is 24.3 Å². The van der Waals surface area contributed by atoms with Crippen molar-refractivity contribution in [2.75, 3.05) is 30.3 Å². The summed E-state index contributed by atoms with van der Waals surface area (Å²) in [6, 6.07) is 6.65. The fraction of sp³-hybridized carbons (Fsp3) is 0.619. The number of nitrogens with two attached hydrogens (primary N) is 1. The molecular weight excluding hydrogens is 376 g/mol. The van der Waals surface area contributed by atoms with Gasteiger partial charge in [-0.25, -0.2) is 0 Å². The molecule has 2 rings (SSSR count). The fourth-order valence-corrected chi connectivity index (χ4v) is 3.25. The first kappa shape index (κ1) is 24.4. The number of carbonyl (C=O) groups is 2. The summed E-state index contributed by atoms with van der Waals surface area (Å²) in [4.78, 5) is 26.7. The van der Waals surface area contributed by atoms with Crippen molar-refractivity contribution in [1.82, 2.24) is 4.90 Å². The molecule has 1 saturated heterocycles. The van der Waals surface area contributed by atoms with Gasteiger partial charge < -0.3 is 16.4 Å². The summed E-state index contributed by atoms with van der Waals surface area (Å²) in [6.45, 7) is 6.41. The molecule has 6 nitrogen and oxygen atoms in total. The van der Waals surface area contributed by atoms with Crippen LogP contribution in [0.4, 0.5) is 11.4 Å². The Kier molecular flexibility index (Phi) is 11.1. The SMILES string of the molecule is CCC(C)C(N)C(=O)Nc1ccc(NC(=O)CN2CCCCCCC2)cc1.Cl. The van der Waals surface area contributed by atoms with Gasteiger partial charge in [0.15, 0.2) is 0 Å². The van der Waals surface area contributed by atoms with E-state index in [9.17, 15) is 9.59 Å². The molecule has 1 aromatic carbocycles. The molecule has 1 heterocycles. The third-order valence-electron chi connectivity index (χ3n) is 5.31. The van der Waals surface area contributed by atoms with Crippen molar-refractivity contribution in [3.8, 4) is 0 Å². The molecule has 0 bridgehead atoms. The average molecular weight is 411 g/mol. The van der Waals surface area contributed by atoms with Crippen molar-refractivity contribution in [1.29, 1.82) is 0 Å². The Balaban J connectivity index is 0.00000392. The highest BCUT2D eigenvalue weighted by Crippen LogP contribution is 2.16. The third-order valence-corrected chi connectivity index (χ3v) is 5.31. The zero-order valence-corrected chi connectivity index (χ0v) is 17.9. The van der Waals surface area contributed by atoms with Gasteiger partial charge in [-0.05, 0) is 56.1 Å². The molecule has 2 atom stereocenters. The summed E-state index contributed by atoms with van der Waals surface area (Å²) in [5.74, 6) is -0.0452. The van der Waals surface area contributed by atoms with E-state index in [1.165, 1.54) is 32.1 Å². The number of amides is 2. The molecule has 1 aliphatic heterocycles. The largest absolute Gasteiger partial charge is 0.325 e. The molecule has 0 spiro atoms. The van der Waals surface area contributed by atoms with Gasteiger partial charge in [-0.15, -0.1) is 12.4 Å². The smallest absolute Gasteiger partial charge is 0.241 e. The Morgan fingerprint density at radius 3 is 2.04 bits per heavy atom. The summed E-state index contributed by atoms with van der Waals surface area (Å²) in [6.07, 6.45) is 7.01. The molecule has 0 aromatic heterocycles. The highest BCUT2D eigenvalue weighted by Gasteiger charge is 2.19. The van der Waals surface area contributed by atoms with E-state index in [-0.39, 0.29) is 30.1 Å².